The minimum Gasteiger partial charge on any atom is -0.507 e. The third-order valence-corrected chi connectivity index (χ3v) is 11.4. The summed E-state index contributed by atoms with van der Waals surface area (Å²) in [5.41, 5.74) is 5.68. The van der Waals surface area contributed by atoms with Gasteiger partial charge in [0.1, 0.15) is 11.6 Å². The fourth-order valence-corrected chi connectivity index (χ4v) is 7.63. The van der Waals surface area contributed by atoms with Crippen molar-refractivity contribution in [3.8, 4) is 67.5 Å². The molecule has 0 saturated carbocycles. The number of para-hydroxylation sites is 1. The summed E-state index contributed by atoms with van der Waals surface area (Å²) in [4.78, 5) is 9.73. The van der Waals surface area contributed by atoms with Gasteiger partial charge in [0.2, 0.25) is 0 Å². The van der Waals surface area contributed by atoms with Gasteiger partial charge in [-0.3, -0.25) is 9.55 Å². The van der Waals surface area contributed by atoms with Crippen LogP contribution in [0.25, 0.3) is 72.7 Å². The van der Waals surface area contributed by atoms with E-state index in [2.05, 4.69) is 31.8 Å². The second kappa shape index (κ2) is 17.5. The summed E-state index contributed by atoms with van der Waals surface area (Å²) in [6.45, 7) is 18.3. The zero-order valence-corrected chi connectivity index (χ0v) is 39.9. The first kappa shape index (κ1) is 31.3. The molecule has 0 fully saturated rings. The van der Waals surface area contributed by atoms with Gasteiger partial charge in [-0.1, -0.05) is 159 Å². The van der Waals surface area contributed by atoms with Crippen molar-refractivity contribution < 1.29 is 44.0 Å². The van der Waals surface area contributed by atoms with Gasteiger partial charge in [-0.2, -0.15) is 0 Å². The SMILES string of the molecule is [2H]c1nc(-c2[c-]c(-c3cccc4c3nc(-c3cc(C(C)(C)C)cc(C)c3O)n4-c3ccc(-c4cc(C([2H])(C)C)cc(C([2H])(C)C)c4)cc3C([2H])([2H])[2H])cc(C(C)(C)C)c2)c([2H])c(-c2c([2H])c([2H])c([2H])c([2H])c2[2H])c1[2H].[Pt]. The van der Waals surface area contributed by atoms with E-state index in [0.29, 0.717) is 55.5 Å². The summed E-state index contributed by atoms with van der Waals surface area (Å²) in [5, 5.41) is 12.1. The van der Waals surface area contributed by atoms with E-state index in [4.69, 9.17) is 21.4 Å². The Hall–Kier alpha value is -5.57. The second-order valence-corrected chi connectivity index (χ2v) is 18.6. The molecule has 4 nitrogen and oxygen atoms in total. The molecule has 0 aliphatic rings. The Morgan fingerprint density at radius 3 is 2.02 bits per heavy atom. The van der Waals surface area contributed by atoms with Gasteiger partial charge in [0.15, 0.2) is 0 Å². The molecule has 0 spiro atoms. The predicted octanol–water partition coefficient (Wildman–Crippen LogP) is 15.7. The number of hydrogen-bond donors (Lipinski definition) is 1. The molecule has 63 heavy (non-hydrogen) atoms. The number of fused-ring (bicyclic) bond motifs is 1. The van der Waals surface area contributed by atoms with E-state index < -0.39 is 78.1 Å². The second-order valence-electron chi connectivity index (χ2n) is 18.6. The summed E-state index contributed by atoms with van der Waals surface area (Å²) in [5.74, 6) is -1.85. The number of imidazole rings is 1. The monoisotopic (exact) mass is 1020 g/mol. The molecule has 0 amide bonds. The van der Waals surface area contributed by atoms with Crippen molar-refractivity contribution in [2.24, 2.45) is 0 Å². The molecule has 324 valence electrons. The van der Waals surface area contributed by atoms with Crippen LogP contribution in [-0.2, 0) is 31.9 Å². The van der Waals surface area contributed by atoms with Gasteiger partial charge in [-0.15, -0.1) is 29.3 Å². The van der Waals surface area contributed by atoms with Crippen molar-refractivity contribution in [3.05, 3.63) is 167 Å². The first-order valence-electron chi connectivity index (χ1n) is 27.3. The number of aryl methyl sites for hydroxylation is 2. The van der Waals surface area contributed by atoms with Crippen LogP contribution >= 0.6 is 0 Å². The van der Waals surface area contributed by atoms with Crippen LogP contribution in [0.15, 0.2) is 127 Å². The van der Waals surface area contributed by atoms with E-state index in [-0.39, 0.29) is 66.1 Å². The van der Waals surface area contributed by atoms with Crippen LogP contribution in [-0.4, -0.2) is 19.6 Å². The van der Waals surface area contributed by atoms with Gasteiger partial charge in [0.05, 0.1) is 33.3 Å². The molecule has 2 aromatic heterocycles. The van der Waals surface area contributed by atoms with Crippen molar-refractivity contribution in [3.63, 3.8) is 0 Å². The number of nitrogens with zero attached hydrogens (tertiary/aromatic N) is 3. The van der Waals surface area contributed by atoms with Crippen molar-refractivity contribution in [1.29, 1.82) is 0 Å². The van der Waals surface area contributed by atoms with Gasteiger partial charge < -0.3 is 5.11 Å². The Morgan fingerprint density at radius 2 is 1.37 bits per heavy atom. The molecule has 0 aliphatic heterocycles. The largest absolute Gasteiger partial charge is 0.507 e. The van der Waals surface area contributed by atoms with Crippen LogP contribution in [0.1, 0.15) is 132 Å². The van der Waals surface area contributed by atoms with Gasteiger partial charge >= 0.3 is 0 Å². The van der Waals surface area contributed by atoms with Crippen LogP contribution < -0.4 is 0 Å². The van der Waals surface area contributed by atoms with E-state index in [9.17, 15) is 6.48 Å². The third kappa shape index (κ3) is 9.11. The molecule has 0 bridgehead atoms. The molecule has 5 heteroatoms. The van der Waals surface area contributed by atoms with Crippen LogP contribution in [0.2, 0.25) is 0 Å². The minimum atomic E-state index is -2.70. The predicted molar refractivity (Wildman–Crippen MR) is 262 cm³/mol. The fourth-order valence-electron chi connectivity index (χ4n) is 7.63. The molecule has 0 unspecified atom stereocenters. The van der Waals surface area contributed by atoms with Crippen LogP contribution in [0.5, 0.6) is 5.75 Å². The maximum atomic E-state index is 12.1. The Kier molecular flexibility index (Phi) is 8.71. The Balaban J connectivity index is 0.00000840. The number of phenolic OH excluding ortho intramolecular Hbond substituents is 1. The zero-order valence-electron chi connectivity index (χ0n) is 50.6. The summed E-state index contributed by atoms with van der Waals surface area (Å²) in [6, 6.07) is 22.9. The Morgan fingerprint density at radius 1 is 0.698 bits per heavy atom. The van der Waals surface area contributed by atoms with Crippen molar-refractivity contribution in [2.75, 3.05) is 0 Å². The van der Waals surface area contributed by atoms with Crippen LogP contribution in [0.3, 0.4) is 0 Å². The maximum absolute atomic E-state index is 12.1. The molecule has 0 atom stereocenters. The van der Waals surface area contributed by atoms with E-state index in [1.54, 1.807) is 63.5 Å². The summed E-state index contributed by atoms with van der Waals surface area (Å²) >= 11 is 0. The van der Waals surface area contributed by atoms with Crippen molar-refractivity contribution in [2.45, 2.75) is 106 Å². The first-order valence-corrected chi connectivity index (χ1v) is 20.8. The Bertz CT molecular complexity index is 3590. The molecule has 6 aromatic carbocycles. The molecule has 8 rings (SSSR count). The number of phenols is 1. The van der Waals surface area contributed by atoms with Gasteiger partial charge in [-0.25, -0.2) is 4.98 Å². The molecular formula is C58H60N3OPt-. The van der Waals surface area contributed by atoms with E-state index >= 15 is 0 Å². The molecule has 1 N–H and O–H groups in total. The summed E-state index contributed by atoms with van der Waals surface area (Å²) in [6.07, 6.45) is -0.582. The summed E-state index contributed by atoms with van der Waals surface area (Å²) in [7, 11) is 0. The van der Waals surface area contributed by atoms with E-state index in [1.165, 1.54) is 0 Å². The number of aromatic nitrogens is 3. The molecule has 0 radical (unpaired) electrons. The quantitative estimate of drug-likeness (QED) is 0.154. The fraction of sp³-hybridized carbons (Fsp3) is 0.276. The molecule has 0 saturated heterocycles. The average molecular weight is 1020 g/mol. The number of hydrogen-bond acceptors (Lipinski definition) is 3. The van der Waals surface area contributed by atoms with Gasteiger partial charge in [0, 0.05) is 39.8 Å². The number of rotatable bonds is 8. The molecule has 0 aliphatic carbocycles. The number of benzene rings is 6. The van der Waals surface area contributed by atoms with Crippen molar-refractivity contribution in [1.82, 2.24) is 14.5 Å². The third-order valence-electron chi connectivity index (χ3n) is 11.4. The van der Waals surface area contributed by atoms with E-state index in [0.717, 1.165) is 11.1 Å². The molecule has 8 aromatic rings. The topological polar surface area (TPSA) is 50.9 Å². The smallest absolute Gasteiger partial charge is 0.148 e. The summed E-state index contributed by atoms with van der Waals surface area (Å²) < 4.78 is 116. The Labute approximate surface area is 408 Å². The standard InChI is InChI=1S/C58H60N3O.Pt/c1-35(2)42-27-43(36(3)4)29-44(28-42)40-21-22-52(37(5)25-40)61-53-20-16-19-49(54(53)60-56(61)50-34-47(57(7,8)9)26-38(6)55(50)62)45-30-46(32-48(31-45)58(10,11)12)51-33-41(23-24-59-51)39-17-14-13-15-18-39;/h13-29,31-36,62H,1-12H3;/q-1;/i5D3,13D,14D,15D,17D,18D,23D,24D,33D,35D,36D;. The van der Waals surface area contributed by atoms with Crippen LogP contribution in [0.4, 0.5) is 0 Å². The maximum Gasteiger partial charge on any atom is 0.148 e. The normalized spacial score (nSPS) is 15.5. The van der Waals surface area contributed by atoms with Crippen LogP contribution in [0, 0.1) is 19.8 Å². The number of pyridine rings is 1. The van der Waals surface area contributed by atoms with E-state index in [1.807, 2.05) is 75.4 Å². The van der Waals surface area contributed by atoms with Crippen molar-refractivity contribution >= 4 is 11.0 Å². The molecule has 2 heterocycles. The molecular weight excluding hydrogens is 950 g/mol. The minimum absolute atomic E-state index is 0. The van der Waals surface area contributed by atoms with Gasteiger partial charge in [-0.05, 0) is 117 Å². The average Bonchev–Trinajstić information content (AvgIpc) is 3.70. The first-order chi connectivity index (χ1) is 34.5. The number of aromatic hydroxyl groups is 1. The van der Waals surface area contributed by atoms with Gasteiger partial charge in [0.25, 0.3) is 0 Å². The zero-order chi connectivity index (χ0) is 55.6.